The lowest BCUT2D eigenvalue weighted by Crippen LogP contribution is -3.00. The van der Waals surface area contributed by atoms with Crippen LogP contribution in [0.25, 0.3) is 11.3 Å². The summed E-state index contributed by atoms with van der Waals surface area (Å²) >= 11 is 3.43. The predicted octanol–water partition coefficient (Wildman–Crippen LogP) is 0.220. The van der Waals surface area contributed by atoms with Gasteiger partial charge in [-0.25, -0.2) is 9.13 Å². The molecule has 0 saturated heterocycles. The number of aromatic nitrogens is 2. The molecule has 1 aromatic heterocycles. The van der Waals surface area contributed by atoms with Gasteiger partial charge in [0, 0.05) is 15.6 Å². The van der Waals surface area contributed by atoms with E-state index in [1.807, 2.05) is 48.1 Å². The fourth-order valence-electron chi connectivity index (χ4n) is 2.67. The first-order valence-electron chi connectivity index (χ1n) is 7.77. The van der Waals surface area contributed by atoms with Gasteiger partial charge in [-0.2, -0.15) is 0 Å². The van der Waals surface area contributed by atoms with Crippen LogP contribution in [-0.4, -0.2) is 17.5 Å². The number of ether oxygens (including phenoxy) is 1. The Morgan fingerprint density at radius 1 is 1.23 bits per heavy atom. The van der Waals surface area contributed by atoms with E-state index in [1.165, 1.54) is 0 Å². The van der Waals surface area contributed by atoms with Crippen molar-refractivity contribution < 1.29 is 31.1 Å². The van der Waals surface area contributed by atoms with Crippen molar-refractivity contribution in [3.05, 3.63) is 64.8 Å². The molecule has 0 spiro atoms. The van der Waals surface area contributed by atoms with Gasteiger partial charge in [0.25, 0.3) is 0 Å². The molecule has 0 fully saturated rings. The molecule has 7 heteroatoms. The van der Waals surface area contributed by atoms with Crippen molar-refractivity contribution in [1.82, 2.24) is 4.57 Å². The molecule has 1 heterocycles. The molecule has 2 aromatic carbocycles. The Morgan fingerprint density at radius 2 is 1.92 bits per heavy atom. The maximum atomic E-state index is 12.6. The summed E-state index contributed by atoms with van der Waals surface area (Å²) in [5.74, 6) is 1.16. The smallest absolute Gasteiger partial charge is 0.355 e. The molecular weight excluding hydrogens is 462 g/mol. The number of anilines is 1. The fraction of sp³-hybridized carbons (Fsp3) is 0.158. The van der Waals surface area contributed by atoms with Gasteiger partial charge in [0.05, 0.1) is 14.2 Å². The third-order valence-corrected chi connectivity index (χ3v) is 4.65. The molecule has 0 aliphatic rings. The molecule has 0 bridgehead atoms. The number of rotatable bonds is 5. The summed E-state index contributed by atoms with van der Waals surface area (Å²) in [5, 5.41) is 0. The number of methoxy groups -OCH3 is 1. The van der Waals surface area contributed by atoms with Crippen molar-refractivity contribution in [2.45, 2.75) is 6.54 Å². The van der Waals surface area contributed by atoms with Crippen molar-refractivity contribution in [3.8, 4) is 17.0 Å². The average molecular weight is 481 g/mol. The van der Waals surface area contributed by atoms with E-state index in [4.69, 9.17) is 10.5 Å². The number of carbonyl (C=O) groups excluding carboxylic acids is 1. The summed E-state index contributed by atoms with van der Waals surface area (Å²) in [6.07, 6.45) is 1.90. The number of nitrogen functional groups attached to an aromatic ring is 1. The lowest BCUT2D eigenvalue weighted by atomic mass is 10.1. The van der Waals surface area contributed by atoms with Crippen LogP contribution in [0.3, 0.4) is 0 Å². The van der Waals surface area contributed by atoms with Crippen LogP contribution in [0.15, 0.2) is 59.2 Å². The van der Waals surface area contributed by atoms with E-state index in [2.05, 4.69) is 15.9 Å². The van der Waals surface area contributed by atoms with Crippen molar-refractivity contribution in [2.75, 3.05) is 12.8 Å². The second-order valence-corrected chi connectivity index (χ2v) is 6.64. The number of nitrogens with zero attached hydrogens (tertiary/aromatic N) is 2. The molecule has 0 radical (unpaired) electrons. The highest BCUT2D eigenvalue weighted by molar-refractivity contribution is 9.10. The number of Topliss-reactive ketones (excluding diaryl/α,β-unsaturated/α-hetero) is 1. The van der Waals surface area contributed by atoms with Crippen molar-refractivity contribution >= 4 is 27.7 Å². The number of imidazole rings is 1. The number of hydrogen-bond donors (Lipinski definition) is 1. The molecule has 0 aliphatic carbocycles. The minimum Gasteiger partial charge on any atom is -1.00 e. The van der Waals surface area contributed by atoms with E-state index in [-0.39, 0.29) is 29.3 Å². The van der Waals surface area contributed by atoms with E-state index in [0.29, 0.717) is 17.3 Å². The highest BCUT2D eigenvalue weighted by Crippen LogP contribution is 2.22. The molecule has 26 heavy (non-hydrogen) atoms. The van der Waals surface area contributed by atoms with Crippen LogP contribution in [0.2, 0.25) is 0 Å². The summed E-state index contributed by atoms with van der Waals surface area (Å²) in [7, 11) is 3.47. The van der Waals surface area contributed by atoms with Gasteiger partial charge in [0.1, 0.15) is 24.2 Å². The largest absolute Gasteiger partial charge is 1.00 e. The Balaban J connectivity index is 0.00000243. The minimum absolute atomic E-state index is 0. The summed E-state index contributed by atoms with van der Waals surface area (Å²) < 4.78 is 9.83. The van der Waals surface area contributed by atoms with Gasteiger partial charge in [-0.3, -0.25) is 10.5 Å². The Kier molecular flexibility index (Phi) is 6.61. The number of benzene rings is 2. The Hall–Kier alpha value is -2.12. The third kappa shape index (κ3) is 4.16. The molecule has 136 valence electrons. The molecule has 0 unspecified atom stereocenters. The molecule has 0 amide bonds. The van der Waals surface area contributed by atoms with Crippen LogP contribution in [0.4, 0.5) is 5.95 Å². The maximum absolute atomic E-state index is 12.6. The lowest BCUT2D eigenvalue weighted by Gasteiger charge is -2.03. The van der Waals surface area contributed by atoms with Crippen LogP contribution in [-0.2, 0) is 13.6 Å². The Bertz CT molecular complexity index is 921. The van der Waals surface area contributed by atoms with Gasteiger partial charge in [-0.1, -0.05) is 40.2 Å². The molecule has 2 N–H and O–H groups in total. The van der Waals surface area contributed by atoms with Crippen molar-refractivity contribution in [1.29, 1.82) is 0 Å². The van der Waals surface area contributed by atoms with Gasteiger partial charge >= 0.3 is 5.95 Å². The van der Waals surface area contributed by atoms with E-state index >= 15 is 0 Å². The zero-order valence-electron chi connectivity index (χ0n) is 14.4. The molecule has 3 rings (SSSR count). The highest BCUT2D eigenvalue weighted by Gasteiger charge is 2.20. The Labute approximate surface area is 171 Å². The Morgan fingerprint density at radius 3 is 2.58 bits per heavy atom. The normalized spacial score (nSPS) is 10.3. The quantitative estimate of drug-likeness (QED) is 0.419. The molecule has 3 aromatic rings. The molecule has 0 saturated carbocycles. The predicted molar refractivity (Wildman–Crippen MR) is 100 cm³/mol. The number of hydrogen-bond acceptors (Lipinski definition) is 3. The number of nitrogens with two attached hydrogens (primary N) is 1. The first kappa shape index (κ1) is 20.2. The van der Waals surface area contributed by atoms with Gasteiger partial charge in [0.2, 0.25) is 0 Å². The van der Waals surface area contributed by atoms with Gasteiger partial charge < -0.3 is 21.7 Å². The average Bonchev–Trinajstić information content (AvgIpc) is 2.91. The monoisotopic (exact) mass is 479 g/mol. The van der Waals surface area contributed by atoms with Crippen LogP contribution in [0.5, 0.6) is 5.75 Å². The topological polar surface area (TPSA) is 61.1 Å². The van der Waals surface area contributed by atoms with Crippen LogP contribution >= 0.6 is 15.9 Å². The standard InChI is InChI=1S/C19H18BrN3O2.BrH/c1-22-17(13-6-8-15(20)9-7-13)11-23(19(22)21)12-18(24)14-4-3-5-16(10-14)25-2;/h3-11,21H,12H2,1-2H3;1H. The first-order chi connectivity index (χ1) is 12.0. The summed E-state index contributed by atoms with van der Waals surface area (Å²) in [6.45, 7) is 0.170. The van der Waals surface area contributed by atoms with Crippen LogP contribution in [0.1, 0.15) is 10.4 Å². The molecule has 5 nitrogen and oxygen atoms in total. The van der Waals surface area contributed by atoms with Crippen LogP contribution < -0.4 is 32.0 Å². The SMILES string of the molecule is COc1cccc(C(=O)C[n+]2cc(-c3ccc(Br)cc3)n(C)c2N)c1.[Br-]. The number of carbonyl (C=O) groups is 1. The third-order valence-electron chi connectivity index (χ3n) is 4.12. The van der Waals surface area contributed by atoms with E-state index < -0.39 is 0 Å². The van der Waals surface area contributed by atoms with E-state index in [9.17, 15) is 4.79 Å². The maximum Gasteiger partial charge on any atom is 0.355 e. The summed E-state index contributed by atoms with van der Waals surface area (Å²) in [4.78, 5) is 12.6. The second kappa shape index (κ2) is 8.51. The summed E-state index contributed by atoms with van der Waals surface area (Å²) in [6, 6.07) is 15.1. The van der Waals surface area contributed by atoms with E-state index in [1.54, 1.807) is 29.9 Å². The lowest BCUT2D eigenvalue weighted by molar-refractivity contribution is -0.667. The minimum atomic E-state index is -0.0245. The van der Waals surface area contributed by atoms with Crippen molar-refractivity contribution in [3.63, 3.8) is 0 Å². The number of ketones is 1. The van der Waals surface area contributed by atoms with Gasteiger partial charge in [-0.15, -0.1) is 0 Å². The fourth-order valence-corrected chi connectivity index (χ4v) is 2.94. The van der Waals surface area contributed by atoms with Gasteiger partial charge in [0.15, 0.2) is 5.78 Å². The first-order valence-corrected chi connectivity index (χ1v) is 8.56. The van der Waals surface area contributed by atoms with Crippen LogP contribution in [0, 0.1) is 0 Å². The zero-order valence-corrected chi connectivity index (χ0v) is 17.6. The van der Waals surface area contributed by atoms with Crippen molar-refractivity contribution in [2.24, 2.45) is 7.05 Å². The highest BCUT2D eigenvalue weighted by atomic mass is 79.9. The number of halogens is 2. The molecule has 0 atom stereocenters. The van der Waals surface area contributed by atoms with Gasteiger partial charge in [-0.05, 0) is 24.3 Å². The molecule has 0 aliphatic heterocycles. The molecular formula is C19H19Br2N3O2. The zero-order chi connectivity index (χ0) is 18.0. The second-order valence-electron chi connectivity index (χ2n) is 5.72. The summed E-state index contributed by atoms with van der Waals surface area (Å²) in [5.41, 5.74) is 8.77. The van der Waals surface area contributed by atoms with E-state index in [0.717, 1.165) is 15.7 Å².